The number of nitrogens with zero attached hydrogens (tertiary/aromatic N) is 2. The Labute approximate surface area is 86.0 Å². The number of primary amides is 1. The van der Waals surface area contributed by atoms with E-state index in [9.17, 15) is 4.79 Å². The quantitative estimate of drug-likeness (QED) is 0.687. The Balaban J connectivity index is 2.27. The second-order valence-corrected chi connectivity index (χ2v) is 4.04. The molecule has 0 saturated carbocycles. The van der Waals surface area contributed by atoms with Crippen molar-refractivity contribution in [2.24, 2.45) is 5.73 Å². The maximum absolute atomic E-state index is 10.7. The number of hydrogen-bond donors (Lipinski definition) is 1. The van der Waals surface area contributed by atoms with Gasteiger partial charge in [-0.25, -0.2) is 0 Å². The third kappa shape index (κ3) is 3.27. The summed E-state index contributed by atoms with van der Waals surface area (Å²) in [7, 11) is 0. The molecule has 0 aromatic carbocycles. The number of rotatable bonds is 4. The summed E-state index contributed by atoms with van der Waals surface area (Å²) in [5, 5.41) is 0. The van der Waals surface area contributed by atoms with Crippen molar-refractivity contribution in [3.05, 3.63) is 0 Å². The summed E-state index contributed by atoms with van der Waals surface area (Å²) in [5.74, 6) is -0.220. The lowest BCUT2D eigenvalue weighted by Crippen LogP contribution is -2.51. The van der Waals surface area contributed by atoms with E-state index in [-0.39, 0.29) is 5.91 Å². The molecule has 0 radical (unpaired) electrons. The zero-order valence-electron chi connectivity index (χ0n) is 9.20. The molecule has 2 N–H and O–H groups in total. The number of hydrogen-bond acceptors (Lipinski definition) is 3. The summed E-state index contributed by atoms with van der Waals surface area (Å²) < 4.78 is 0. The van der Waals surface area contributed by atoms with E-state index in [1.165, 1.54) is 6.42 Å². The number of amides is 1. The molecule has 4 nitrogen and oxygen atoms in total. The third-order valence-electron chi connectivity index (χ3n) is 3.00. The highest BCUT2D eigenvalue weighted by atomic mass is 16.1. The van der Waals surface area contributed by atoms with E-state index in [0.29, 0.717) is 12.6 Å². The molecule has 4 heteroatoms. The minimum atomic E-state index is -0.220. The van der Waals surface area contributed by atoms with Gasteiger partial charge < -0.3 is 5.73 Å². The van der Waals surface area contributed by atoms with Gasteiger partial charge in [0.1, 0.15) is 0 Å². The Morgan fingerprint density at radius 2 is 1.93 bits per heavy atom. The van der Waals surface area contributed by atoms with Gasteiger partial charge in [0, 0.05) is 32.2 Å². The van der Waals surface area contributed by atoms with Crippen molar-refractivity contribution in [2.75, 3.05) is 32.7 Å². The van der Waals surface area contributed by atoms with E-state index in [1.807, 2.05) is 0 Å². The lowest BCUT2D eigenvalue weighted by molar-refractivity contribution is -0.119. The van der Waals surface area contributed by atoms with Crippen LogP contribution in [0.5, 0.6) is 0 Å². The first-order valence-corrected chi connectivity index (χ1v) is 5.38. The Morgan fingerprint density at radius 3 is 2.36 bits per heavy atom. The lowest BCUT2D eigenvalue weighted by Gasteiger charge is -2.37. The van der Waals surface area contributed by atoms with Crippen LogP contribution in [0.25, 0.3) is 0 Å². The van der Waals surface area contributed by atoms with E-state index in [0.717, 1.165) is 26.2 Å². The average Bonchev–Trinajstić information content (AvgIpc) is 2.17. The number of piperazine rings is 1. The van der Waals surface area contributed by atoms with Crippen LogP contribution in [0.1, 0.15) is 20.3 Å². The number of carbonyl (C=O) groups excluding carboxylic acids is 1. The van der Waals surface area contributed by atoms with Crippen molar-refractivity contribution in [1.29, 1.82) is 0 Å². The molecular formula is C10H21N3O. The summed E-state index contributed by atoms with van der Waals surface area (Å²) in [6.45, 7) is 8.92. The molecule has 1 unspecified atom stereocenters. The fraction of sp³-hybridized carbons (Fsp3) is 0.900. The maximum Gasteiger partial charge on any atom is 0.231 e. The first-order valence-electron chi connectivity index (χ1n) is 5.38. The summed E-state index contributed by atoms with van der Waals surface area (Å²) in [6.07, 6.45) is 1.19. The molecule has 1 heterocycles. The minimum absolute atomic E-state index is 0.220. The number of nitrogens with two attached hydrogens (primary N) is 1. The van der Waals surface area contributed by atoms with Gasteiger partial charge in [-0.3, -0.25) is 14.6 Å². The standard InChI is InChI=1S/C10H21N3O/c1-3-9(2)13-6-4-12(5-7-13)8-10(11)14/h9H,3-8H2,1-2H3,(H2,11,14). The van der Waals surface area contributed by atoms with Crippen LogP contribution >= 0.6 is 0 Å². The molecule has 1 saturated heterocycles. The molecule has 0 spiro atoms. The zero-order chi connectivity index (χ0) is 10.6. The molecule has 14 heavy (non-hydrogen) atoms. The lowest BCUT2D eigenvalue weighted by atomic mass is 10.2. The molecule has 0 aromatic rings. The van der Waals surface area contributed by atoms with Crippen LogP contribution in [-0.4, -0.2) is 54.5 Å². The van der Waals surface area contributed by atoms with Gasteiger partial charge in [0.15, 0.2) is 0 Å². The Kier molecular flexibility index (Phi) is 4.35. The third-order valence-corrected chi connectivity index (χ3v) is 3.00. The van der Waals surface area contributed by atoms with Gasteiger partial charge >= 0.3 is 0 Å². The smallest absolute Gasteiger partial charge is 0.231 e. The van der Waals surface area contributed by atoms with Crippen LogP contribution in [0, 0.1) is 0 Å². The van der Waals surface area contributed by atoms with Crippen LogP contribution in [0.2, 0.25) is 0 Å². The van der Waals surface area contributed by atoms with Gasteiger partial charge in [-0.05, 0) is 13.3 Å². The molecule has 1 aliphatic heterocycles. The Bertz CT molecular complexity index is 188. The van der Waals surface area contributed by atoms with Crippen molar-refractivity contribution in [3.8, 4) is 0 Å². The monoisotopic (exact) mass is 199 g/mol. The molecule has 1 atom stereocenters. The van der Waals surface area contributed by atoms with Crippen molar-refractivity contribution in [1.82, 2.24) is 9.80 Å². The predicted molar refractivity (Wildman–Crippen MR) is 57.0 cm³/mol. The van der Waals surface area contributed by atoms with E-state index >= 15 is 0 Å². The van der Waals surface area contributed by atoms with Crippen LogP contribution in [-0.2, 0) is 4.79 Å². The highest BCUT2D eigenvalue weighted by Gasteiger charge is 2.20. The highest BCUT2D eigenvalue weighted by Crippen LogP contribution is 2.07. The SMILES string of the molecule is CCC(C)N1CCN(CC(N)=O)CC1. The van der Waals surface area contributed by atoms with E-state index in [1.54, 1.807) is 0 Å². The number of carbonyl (C=O) groups is 1. The van der Waals surface area contributed by atoms with Gasteiger partial charge in [-0.2, -0.15) is 0 Å². The molecule has 0 bridgehead atoms. The van der Waals surface area contributed by atoms with E-state index in [2.05, 4.69) is 23.6 Å². The molecular weight excluding hydrogens is 178 g/mol. The first kappa shape index (κ1) is 11.5. The summed E-state index contributed by atoms with van der Waals surface area (Å²) >= 11 is 0. The fourth-order valence-electron chi connectivity index (χ4n) is 1.84. The molecule has 0 aliphatic carbocycles. The van der Waals surface area contributed by atoms with Gasteiger partial charge in [-0.15, -0.1) is 0 Å². The second kappa shape index (κ2) is 5.32. The molecule has 82 valence electrons. The van der Waals surface area contributed by atoms with Gasteiger partial charge in [-0.1, -0.05) is 6.92 Å². The molecule has 0 aromatic heterocycles. The summed E-state index contributed by atoms with van der Waals surface area (Å²) in [4.78, 5) is 15.3. The van der Waals surface area contributed by atoms with Crippen molar-refractivity contribution in [2.45, 2.75) is 26.3 Å². The Morgan fingerprint density at radius 1 is 1.36 bits per heavy atom. The molecule has 1 amide bonds. The molecule has 1 fully saturated rings. The molecule has 1 aliphatic rings. The predicted octanol–water partition coefficient (Wildman–Crippen LogP) is -0.112. The van der Waals surface area contributed by atoms with Crippen molar-refractivity contribution in [3.63, 3.8) is 0 Å². The van der Waals surface area contributed by atoms with Gasteiger partial charge in [0.2, 0.25) is 5.91 Å². The van der Waals surface area contributed by atoms with Gasteiger partial charge in [0.25, 0.3) is 0 Å². The highest BCUT2D eigenvalue weighted by molar-refractivity contribution is 5.75. The van der Waals surface area contributed by atoms with Crippen molar-refractivity contribution < 1.29 is 4.79 Å². The topological polar surface area (TPSA) is 49.6 Å². The van der Waals surface area contributed by atoms with Gasteiger partial charge in [0.05, 0.1) is 6.54 Å². The largest absolute Gasteiger partial charge is 0.369 e. The fourth-order valence-corrected chi connectivity index (χ4v) is 1.84. The maximum atomic E-state index is 10.7. The zero-order valence-corrected chi connectivity index (χ0v) is 9.20. The Hall–Kier alpha value is -0.610. The van der Waals surface area contributed by atoms with E-state index < -0.39 is 0 Å². The van der Waals surface area contributed by atoms with Crippen LogP contribution in [0.4, 0.5) is 0 Å². The average molecular weight is 199 g/mol. The molecule has 1 rings (SSSR count). The first-order chi connectivity index (χ1) is 6.63. The summed E-state index contributed by atoms with van der Waals surface area (Å²) in [6, 6.07) is 0.658. The summed E-state index contributed by atoms with van der Waals surface area (Å²) in [5.41, 5.74) is 5.15. The van der Waals surface area contributed by atoms with Crippen LogP contribution in [0.15, 0.2) is 0 Å². The van der Waals surface area contributed by atoms with E-state index in [4.69, 9.17) is 5.73 Å². The normalized spacial score (nSPS) is 22.1. The minimum Gasteiger partial charge on any atom is -0.369 e. The van der Waals surface area contributed by atoms with Crippen LogP contribution < -0.4 is 5.73 Å². The van der Waals surface area contributed by atoms with Crippen molar-refractivity contribution >= 4 is 5.91 Å². The van der Waals surface area contributed by atoms with Crippen LogP contribution in [0.3, 0.4) is 0 Å². The second-order valence-electron chi connectivity index (χ2n) is 4.04.